The molecule has 2 N–H and O–H groups in total. The number of rotatable bonds is 4. The summed E-state index contributed by atoms with van der Waals surface area (Å²) < 4.78 is 39.6. The van der Waals surface area contributed by atoms with Crippen LogP contribution in [0.5, 0.6) is 0 Å². The highest BCUT2D eigenvalue weighted by atomic mass is 19.4. The highest BCUT2D eigenvalue weighted by molar-refractivity contribution is 5.88. The molecule has 5 nitrogen and oxygen atoms in total. The number of carbonyl (C=O) groups is 1. The zero-order chi connectivity index (χ0) is 17.3. The monoisotopic (exact) mass is 338 g/mol. The molecule has 24 heavy (non-hydrogen) atoms. The average molecular weight is 338 g/mol. The normalized spacial score (nSPS) is 15.8. The van der Waals surface area contributed by atoms with Crippen molar-refractivity contribution in [2.75, 3.05) is 5.32 Å². The van der Waals surface area contributed by atoms with Crippen LogP contribution in [0.25, 0.3) is 5.69 Å². The topological polar surface area (TPSA) is 59.0 Å². The van der Waals surface area contributed by atoms with Crippen LogP contribution in [0.4, 0.5) is 23.8 Å². The maximum absolute atomic E-state index is 12.8. The van der Waals surface area contributed by atoms with Crippen LogP contribution in [0.1, 0.15) is 25.3 Å². The van der Waals surface area contributed by atoms with Gasteiger partial charge in [-0.25, -0.2) is 9.48 Å². The predicted octanol–water partition coefficient (Wildman–Crippen LogP) is 3.81. The summed E-state index contributed by atoms with van der Waals surface area (Å²) in [4.78, 5) is 11.9. The van der Waals surface area contributed by atoms with Gasteiger partial charge >= 0.3 is 12.2 Å². The van der Waals surface area contributed by atoms with Crippen LogP contribution in [0, 0.1) is 5.92 Å². The van der Waals surface area contributed by atoms with Gasteiger partial charge in [0.1, 0.15) is 0 Å². The molecule has 1 saturated carbocycles. The number of amides is 2. The van der Waals surface area contributed by atoms with Crippen molar-refractivity contribution in [3.63, 3.8) is 0 Å². The molecule has 8 heteroatoms. The van der Waals surface area contributed by atoms with E-state index in [0.717, 1.165) is 25.0 Å². The molecule has 1 heterocycles. The largest absolute Gasteiger partial charge is 0.416 e. The molecule has 1 aromatic carbocycles. The first-order valence-corrected chi connectivity index (χ1v) is 7.64. The molecule has 0 aliphatic heterocycles. The summed E-state index contributed by atoms with van der Waals surface area (Å²) in [6.45, 7) is 1.94. The Hall–Kier alpha value is -2.51. The van der Waals surface area contributed by atoms with E-state index in [2.05, 4.69) is 15.7 Å². The standard InChI is InChI=1S/C16H17F3N4O/c1-10(11-5-6-11)20-15(24)21-14-7-8-23(22-14)13-4-2-3-12(9-13)16(17,18)19/h2-4,7-11H,5-6H2,1H3,(H2,20,21,22,24)/t10-/m0/s1. The molecule has 2 aromatic rings. The summed E-state index contributed by atoms with van der Waals surface area (Å²) in [6.07, 6.45) is -0.685. The molecule has 3 rings (SSSR count). The van der Waals surface area contributed by atoms with Crippen molar-refractivity contribution in [3.05, 3.63) is 42.1 Å². The molecule has 1 aliphatic rings. The van der Waals surface area contributed by atoms with Crippen LogP contribution in [0.3, 0.4) is 0 Å². The van der Waals surface area contributed by atoms with Crippen LogP contribution in [-0.4, -0.2) is 21.9 Å². The number of urea groups is 1. The summed E-state index contributed by atoms with van der Waals surface area (Å²) in [5.74, 6) is 0.798. The van der Waals surface area contributed by atoms with Gasteiger partial charge in [-0.15, -0.1) is 5.10 Å². The molecule has 0 saturated heterocycles. The lowest BCUT2D eigenvalue weighted by Crippen LogP contribution is -2.37. The first kappa shape index (κ1) is 16.4. The molecule has 1 aliphatic carbocycles. The van der Waals surface area contributed by atoms with E-state index in [1.165, 1.54) is 29.1 Å². The number of carbonyl (C=O) groups excluding carboxylic acids is 1. The second kappa shape index (κ2) is 6.18. The molecule has 0 unspecified atom stereocenters. The van der Waals surface area contributed by atoms with E-state index in [1.54, 1.807) is 0 Å². The summed E-state index contributed by atoms with van der Waals surface area (Å²) in [5, 5.41) is 9.50. The number of aromatic nitrogens is 2. The molecule has 0 radical (unpaired) electrons. The summed E-state index contributed by atoms with van der Waals surface area (Å²) >= 11 is 0. The number of nitrogens with one attached hydrogen (secondary N) is 2. The third kappa shape index (κ3) is 3.87. The number of nitrogens with zero attached hydrogens (tertiary/aromatic N) is 2. The van der Waals surface area contributed by atoms with Crippen LogP contribution in [-0.2, 0) is 6.18 Å². The first-order valence-electron chi connectivity index (χ1n) is 7.64. The van der Waals surface area contributed by atoms with Crippen molar-refractivity contribution in [1.29, 1.82) is 0 Å². The molecule has 0 bridgehead atoms. The minimum Gasteiger partial charge on any atom is -0.335 e. The molecule has 128 valence electrons. The predicted molar refractivity (Wildman–Crippen MR) is 82.9 cm³/mol. The van der Waals surface area contributed by atoms with Gasteiger partial charge in [0.2, 0.25) is 0 Å². The van der Waals surface area contributed by atoms with Crippen LogP contribution >= 0.6 is 0 Å². The Morgan fingerprint density at radius 1 is 1.33 bits per heavy atom. The third-order valence-electron chi connectivity index (χ3n) is 3.96. The Balaban J connectivity index is 1.68. The van der Waals surface area contributed by atoms with Crippen molar-refractivity contribution in [1.82, 2.24) is 15.1 Å². The lowest BCUT2D eigenvalue weighted by Gasteiger charge is -2.12. The molecule has 1 aromatic heterocycles. The number of halogens is 3. The van der Waals surface area contributed by atoms with E-state index >= 15 is 0 Å². The number of anilines is 1. The Labute approximate surface area is 136 Å². The molecule has 2 amide bonds. The zero-order valence-corrected chi connectivity index (χ0v) is 13.0. The number of hydrogen-bond acceptors (Lipinski definition) is 2. The van der Waals surface area contributed by atoms with Crippen molar-refractivity contribution in [3.8, 4) is 5.69 Å². The third-order valence-corrected chi connectivity index (χ3v) is 3.96. The first-order chi connectivity index (χ1) is 11.3. The van der Waals surface area contributed by atoms with Gasteiger partial charge in [0.25, 0.3) is 0 Å². The highest BCUT2D eigenvalue weighted by Crippen LogP contribution is 2.32. The van der Waals surface area contributed by atoms with Gasteiger partial charge in [-0.1, -0.05) is 6.07 Å². The van der Waals surface area contributed by atoms with Gasteiger partial charge in [0.15, 0.2) is 5.82 Å². The molecule has 1 fully saturated rings. The van der Waals surface area contributed by atoms with Crippen molar-refractivity contribution in [2.45, 2.75) is 32.0 Å². The summed E-state index contributed by atoms with van der Waals surface area (Å²) in [5.41, 5.74) is -0.481. The van der Waals surface area contributed by atoms with Gasteiger partial charge in [-0.3, -0.25) is 5.32 Å². The molecular weight excluding hydrogens is 321 g/mol. The zero-order valence-electron chi connectivity index (χ0n) is 13.0. The van der Waals surface area contributed by atoms with E-state index in [0.29, 0.717) is 5.92 Å². The van der Waals surface area contributed by atoms with Gasteiger partial charge in [0, 0.05) is 18.3 Å². The van der Waals surface area contributed by atoms with Gasteiger partial charge in [0.05, 0.1) is 11.3 Å². The maximum Gasteiger partial charge on any atom is 0.416 e. The SMILES string of the molecule is C[C@H](NC(=O)Nc1ccn(-c2cccc(C(F)(F)F)c2)n1)C1CC1. The summed E-state index contributed by atoms with van der Waals surface area (Å²) in [7, 11) is 0. The molecule has 1 atom stereocenters. The lowest BCUT2D eigenvalue weighted by molar-refractivity contribution is -0.137. The molecular formula is C16H17F3N4O. The second-order valence-corrected chi connectivity index (χ2v) is 5.92. The lowest BCUT2D eigenvalue weighted by atomic mass is 10.2. The van der Waals surface area contributed by atoms with Gasteiger partial charge in [-0.05, 0) is 43.9 Å². The number of alkyl halides is 3. The molecule has 0 spiro atoms. The Morgan fingerprint density at radius 3 is 2.75 bits per heavy atom. The average Bonchev–Trinajstić information content (AvgIpc) is 3.27. The van der Waals surface area contributed by atoms with E-state index in [9.17, 15) is 18.0 Å². The Morgan fingerprint density at radius 2 is 2.08 bits per heavy atom. The van der Waals surface area contributed by atoms with Gasteiger partial charge < -0.3 is 5.32 Å². The van der Waals surface area contributed by atoms with E-state index < -0.39 is 11.7 Å². The van der Waals surface area contributed by atoms with Crippen molar-refractivity contribution >= 4 is 11.8 Å². The van der Waals surface area contributed by atoms with Gasteiger partial charge in [-0.2, -0.15) is 13.2 Å². The van der Waals surface area contributed by atoms with E-state index in [4.69, 9.17) is 0 Å². The Bertz CT molecular complexity index is 737. The quantitative estimate of drug-likeness (QED) is 0.890. The van der Waals surface area contributed by atoms with Crippen LogP contribution in [0.2, 0.25) is 0 Å². The number of benzene rings is 1. The fourth-order valence-corrected chi connectivity index (χ4v) is 2.43. The number of hydrogen-bond donors (Lipinski definition) is 2. The van der Waals surface area contributed by atoms with Crippen molar-refractivity contribution in [2.24, 2.45) is 5.92 Å². The van der Waals surface area contributed by atoms with Crippen LogP contribution < -0.4 is 10.6 Å². The van der Waals surface area contributed by atoms with E-state index in [-0.39, 0.29) is 23.6 Å². The van der Waals surface area contributed by atoms with Crippen molar-refractivity contribution < 1.29 is 18.0 Å². The summed E-state index contributed by atoms with van der Waals surface area (Å²) in [6, 6.07) is 6.09. The fraction of sp³-hybridized carbons (Fsp3) is 0.375. The minimum absolute atomic E-state index is 0.0931. The van der Waals surface area contributed by atoms with Crippen LogP contribution in [0.15, 0.2) is 36.5 Å². The minimum atomic E-state index is -4.41. The second-order valence-electron chi connectivity index (χ2n) is 5.92. The smallest absolute Gasteiger partial charge is 0.335 e. The Kier molecular flexibility index (Phi) is 4.21. The maximum atomic E-state index is 12.8. The fourth-order valence-electron chi connectivity index (χ4n) is 2.43. The highest BCUT2D eigenvalue weighted by Gasteiger charge is 2.31. The van der Waals surface area contributed by atoms with E-state index in [1.807, 2.05) is 6.92 Å².